The van der Waals surface area contributed by atoms with Crippen LogP contribution in [0.25, 0.3) is 0 Å². The maximum absolute atomic E-state index is 4.32. The van der Waals surface area contributed by atoms with Gasteiger partial charge in [0, 0.05) is 11.9 Å². The van der Waals surface area contributed by atoms with Crippen LogP contribution in [0.2, 0.25) is 0 Å². The molecule has 88 valence electrons. The summed E-state index contributed by atoms with van der Waals surface area (Å²) in [5, 5.41) is 3.39. The molecule has 2 rings (SSSR count). The molecule has 0 spiro atoms. The quantitative estimate of drug-likeness (QED) is 0.849. The van der Waals surface area contributed by atoms with Gasteiger partial charge in [-0.1, -0.05) is 31.5 Å². The molecule has 17 heavy (non-hydrogen) atoms. The zero-order valence-corrected chi connectivity index (χ0v) is 10.4. The van der Waals surface area contributed by atoms with E-state index in [0.29, 0.717) is 0 Å². The van der Waals surface area contributed by atoms with Gasteiger partial charge >= 0.3 is 0 Å². The zero-order valence-electron chi connectivity index (χ0n) is 10.4. The Bertz CT molecular complexity index is 492. The van der Waals surface area contributed by atoms with Crippen LogP contribution in [-0.2, 0) is 6.42 Å². The van der Waals surface area contributed by atoms with Crippen molar-refractivity contribution in [2.75, 3.05) is 5.32 Å². The molecule has 0 aliphatic heterocycles. The second-order valence-corrected chi connectivity index (χ2v) is 4.25. The second kappa shape index (κ2) is 5.48. The minimum Gasteiger partial charge on any atom is -0.340 e. The third-order valence-electron chi connectivity index (χ3n) is 2.71. The standard InChI is InChI=1S/C15H18N2/c1-3-6-13-7-4-5-8-14(13)17-15-11-12(2)9-10-16-15/h4-5,7-11H,3,6H2,1-2H3,(H,16,17). The van der Waals surface area contributed by atoms with Crippen LogP contribution in [0.15, 0.2) is 42.6 Å². The number of rotatable bonds is 4. The van der Waals surface area contributed by atoms with Gasteiger partial charge in [0.2, 0.25) is 0 Å². The van der Waals surface area contributed by atoms with Gasteiger partial charge in [-0.15, -0.1) is 0 Å². The topological polar surface area (TPSA) is 24.9 Å². The minimum atomic E-state index is 0.911. The summed E-state index contributed by atoms with van der Waals surface area (Å²) in [5.41, 5.74) is 3.72. The molecule has 0 saturated heterocycles. The highest BCUT2D eigenvalue weighted by molar-refractivity contribution is 5.60. The third-order valence-corrected chi connectivity index (χ3v) is 2.71. The second-order valence-electron chi connectivity index (χ2n) is 4.25. The van der Waals surface area contributed by atoms with Gasteiger partial charge < -0.3 is 5.32 Å². The summed E-state index contributed by atoms with van der Waals surface area (Å²) in [6.07, 6.45) is 4.08. The van der Waals surface area contributed by atoms with Gasteiger partial charge in [-0.2, -0.15) is 0 Å². The molecule has 1 N–H and O–H groups in total. The average molecular weight is 226 g/mol. The fourth-order valence-corrected chi connectivity index (χ4v) is 1.87. The van der Waals surface area contributed by atoms with Crippen molar-refractivity contribution in [3.05, 3.63) is 53.7 Å². The molecule has 1 aromatic carbocycles. The van der Waals surface area contributed by atoms with Gasteiger partial charge in [-0.05, 0) is 42.7 Å². The molecule has 1 heterocycles. The van der Waals surface area contributed by atoms with E-state index in [9.17, 15) is 0 Å². The lowest BCUT2D eigenvalue weighted by molar-refractivity contribution is 0.923. The van der Waals surface area contributed by atoms with Gasteiger partial charge in [-0.3, -0.25) is 0 Å². The lowest BCUT2D eigenvalue weighted by Gasteiger charge is -2.11. The minimum absolute atomic E-state index is 0.911. The fourth-order valence-electron chi connectivity index (χ4n) is 1.87. The molecule has 0 radical (unpaired) electrons. The molecular weight excluding hydrogens is 208 g/mol. The van der Waals surface area contributed by atoms with E-state index < -0.39 is 0 Å². The van der Waals surface area contributed by atoms with Crippen molar-refractivity contribution in [2.45, 2.75) is 26.7 Å². The predicted molar refractivity (Wildman–Crippen MR) is 72.7 cm³/mol. The molecule has 1 aromatic heterocycles. The summed E-state index contributed by atoms with van der Waals surface area (Å²) in [5.74, 6) is 0.911. The van der Waals surface area contributed by atoms with E-state index in [1.54, 1.807) is 0 Å². The van der Waals surface area contributed by atoms with Crippen molar-refractivity contribution < 1.29 is 0 Å². The largest absolute Gasteiger partial charge is 0.340 e. The Kier molecular flexibility index (Phi) is 3.76. The molecule has 0 saturated carbocycles. The van der Waals surface area contributed by atoms with Gasteiger partial charge in [0.25, 0.3) is 0 Å². The van der Waals surface area contributed by atoms with Crippen molar-refractivity contribution in [3.63, 3.8) is 0 Å². The number of para-hydroxylation sites is 1. The molecule has 2 nitrogen and oxygen atoms in total. The molecule has 2 aromatic rings. The molecule has 0 aliphatic carbocycles. The maximum atomic E-state index is 4.32. The number of nitrogens with one attached hydrogen (secondary N) is 1. The highest BCUT2D eigenvalue weighted by atomic mass is 15.0. The summed E-state index contributed by atoms with van der Waals surface area (Å²) in [4.78, 5) is 4.32. The van der Waals surface area contributed by atoms with Gasteiger partial charge in [0.1, 0.15) is 5.82 Å². The number of hydrogen-bond donors (Lipinski definition) is 1. The summed E-state index contributed by atoms with van der Waals surface area (Å²) >= 11 is 0. The van der Waals surface area contributed by atoms with E-state index in [-0.39, 0.29) is 0 Å². The van der Waals surface area contributed by atoms with Gasteiger partial charge in [-0.25, -0.2) is 4.98 Å². The highest BCUT2D eigenvalue weighted by Gasteiger charge is 2.01. The fraction of sp³-hybridized carbons (Fsp3) is 0.267. The lowest BCUT2D eigenvalue weighted by atomic mass is 10.1. The van der Waals surface area contributed by atoms with Crippen LogP contribution in [0, 0.1) is 6.92 Å². The number of nitrogens with zero attached hydrogens (tertiary/aromatic N) is 1. The number of anilines is 2. The van der Waals surface area contributed by atoms with Crippen molar-refractivity contribution in [1.82, 2.24) is 4.98 Å². The Morgan fingerprint density at radius 1 is 1.18 bits per heavy atom. The SMILES string of the molecule is CCCc1ccccc1Nc1cc(C)ccn1. The number of benzene rings is 1. The Balaban J connectivity index is 2.23. The van der Waals surface area contributed by atoms with Crippen LogP contribution >= 0.6 is 0 Å². The van der Waals surface area contributed by atoms with Crippen molar-refractivity contribution >= 4 is 11.5 Å². The van der Waals surface area contributed by atoms with E-state index in [1.165, 1.54) is 11.1 Å². The van der Waals surface area contributed by atoms with Crippen molar-refractivity contribution in [3.8, 4) is 0 Å². The molecule has 0 unspecified atom stereocenters. The molecule has 0 atom stereocenters. The Labute approximate surface area is 103 Å². The smallest absolute Gasteiger partial charge is 0.130 e. The summed E-state index contributed by atoms with van der Waals surface area (Å²) in [7, 11) is 0. The first-order valence-corrected chi connectivity index (χ1v) is 6.07. The number of hydrogen-bond acceptors (Lipinski definition) is 2. The average Bonchev–Trinajstić information content (AvgIpc) is 2.32. The predicted octanol–water partition coefficient (Wildman–Crippen LogP) is 4.09. The monoisotopic (exact) mass is 226 g/mol. The summed E-state index contributed by atoms with van der Waals surface area (Å²) < 4.78 is 0. The summed E-state index contributed by atoms with van der Waals surface area (Å²) in [6.45, 7) is 4.27. The Morgan fingerprint density at radius 3 is 2.76 bits per heavy atom. The Hall–Kier alpha value is -1.83. The molecule has 0 aliphatic rings. The first-order chi connectivity index (χ1) is 8.29. The van der Waals surface area contributed by atoms with Crippen LogP contribution in [0.5, 0.6) is 0 Å². The van der Waals surface area contributed by atoms with Crippen LogP contribution in [0.3, 0.4) is 0 Å². The number of aromatic nitrogens is 1. The van der Waals surface area contributed by atoms with Crippen molar-refractivity contribution in [2.24, 2.45) is 0 Å². The van der Waals surface area contributed by atoms with Crippen LogP contribution in [0.1, 0.15) is 24.5 Å². The van der Waals surface area contributed by atoms with Gasteiger partial charge in [0.05, 0.1) is 0 Å². The molecule has 0 amide bonds. The normalized spacial score (nSPS) is 10.2. The number of pyridine rings is 1. The van der Waals surface area contributed by atoms with E-state index in [4.69, 9.17) is 0 Å². The van der Waals surface area contributed by atoms with E-state index in [2.05, 4.69) is 54.5 Å². The zero-order chi connectivity index (χ0) is 12.1. The Morgan fingerprint density at radius 2 is 2.00 bits per heavy atom. The summed E-state index contributed by atoms with van der Waals surface area (Å²) in [6, 6.07) is 12.5. The van der Waals surface area contributed by atoms with Crippen LogP contribution < -0.4 is 5.32 Å². The number of aryl methyl sites for hydroxylation is 2. The molecule has 2 heteroatoms. The van der Waals surface area contributed by atoms with E-state index in [0.717, 1.165) is 24.3 Å². The van der Waals surface area contributed by atoms with Gasteiger partial charge in [0.15, 0.2) is 0 Å². The lowest BCUT2D eigenvalue weighted by Crippen LogP contribution is -1.97. The van der Waals surface area contributed by atoms with Crippen LogP contribution in [0.4, 0.5) is 11.5 Å². The highest BCUT2D eigenvalue weighted by Crippen LogP contribution is 2.21. The maximum Gasteiger partial charge on any atom is 0.130 e. The molecular formula is C15H18N2. The third kappa shape index (κ3) is 3.06. The first kappa shape index (κ1) is 11.6. The first-order valence-electron chi connectivity index (χ1n) is 6.07. The van der Waals surface area contributed by atoms with E-state index in [1.807, 2.05) is 12.3 Å². The van der Waals surface area contributed by atoms with E-state index >= 15 is 0 Å². The van der Waals surface area contributed by atoms with Crippen LogP contribution in [-0.4, -0.2) is 4.98 Å². The molecule has 0 bridgehead atoms. The van der Waals surface area contributed by atoms with Crippen molar-refractivity contribution in [1.29, 1.82) is 0 Å². The molecule has 0 fully saturated rings.